The lowest BCUT2D eigenvalue weighted by Gasteiger charge is -2.22. The summed E-state index contributed by atoms with van der Waals surface area (Å²) in [6, 6.07) is 15.3. The molecule has 0 unspecified atom stereocenters. The number of hydrogen-bond donors (Lipinski definition) is 1. The van der Waals surface area contributed by atoms with Crippen molar-refractivity contribution in [2.45, 2.75) is 33.6 Å². The second-order valence-corrected chi connectivity index (χ2v) is 6.22. The average Bonchev–Trinajstić information content (AvgIpc) is 2.53. The second kappa shape index (κ2) is 7.77. The van der Waals surface area contributed by atoms with Crippen LogP contribution in [0.25, 0.3) is 0 Å². The minimum absolute atomic E-state index is 0.00782. The van der Waals surface area contributed by atoms with E-state index in [0.717, 1.165) is 16.9 Å². The molecule has 4 heteroatoms. The summed E-state index contributed by atoms with van der Waals surface area (Å²) in [7, 11) is 0. The molecule has 0 saturated heterocycles. The Bertz CT molecular complexity index is 721. The molecule has 0 spiro atoms. The van der Waals surface area contributed by atoms with Crippen LogP contribution >= 0.6 is 0 Å². The van der Waals surface area contributed by atoms with Crippen molar-refractivity contribution in [3.05, 3.63) is 59.7 Å². The Kier molecular flexibility index (Phi) is 5.74. The molecule has 0 atom stereocenters. The highest BCUT2D eigenvalue weighted by atomic mass is 16.2. The van der Waals surface area contributed by atoms with Gasteiger partial charge in [-0.2, -0.15) is 0 Å². The van der Waals surface area contributed by atoms with Gasteiger partial charge in [0.15, 0.2) is 0 Å². The standard InChI is InChI=1S/C20H24N2O2/c1-14(2)17-9-11-18(12-10-17)21-20(24)13-22(16(4)23)19-8-6-5-7-15(19)3/h5-12,14H,13H2,1-4H3,(H,21,24). The molecule has 0 heterocycles. The summed E-state index contributed by atoms with van der Waals surface area (Å²) in [6.07, 6.45) is 0. The molecular weight excluding hydrogens is 300 g/mol. The van der Waals surface area contributed by atoms with Crippen molar-refractivity contribution in [1.82, 2.24) is 0 Å². The van der Waals surface area contributed by atoms with Crippen LogP contribution in [-0.4, -0.2) is 18.4 Å². The number of amides is 2. The molecule has 0 saturated carbocycles. The van der Waals surface area contributed by atoms with Gasteiger partial charge in [0, 0.05) is 18.3 Å². The van der Waals surface area contributed by atoms with E-state index >= 15 is 0 Å². The average molecular weight is 324 g/mol. The third-order valence-corrected chi connectivity index (χ3v) is 3.95. The van der Waals surface area contributed by atoms with E-state index in [9.17, 15) is 9.59 Å². The number of nitrogens with one attached hydrogen (secondary N) is 1. The molecule has 4 nitrogen and oxygen atoms in total. The van der Waals surface area contributed by atoms with Crippen molar-refractivity contribution >= 4 is 23.2 Å². The van der Waals surface area contributed by atoms with Gasteiger partial charge in [0.25, 0.3) is 0 Å². The third kappa shape index (κ3) is 4.44. The van der Waals surface area contributed by atoms with E-state index in [2.05, 4.69) is 19.2 Å². The molecule has 0 aliphatic rings. The number of hydrogen-bond acceptors (Lipinski definition) is 2. The van der Waals surface area contributed by atoms with Gasteiger partial charge in [0.05, 0.1) is 0 Å². The molecular formula is C20H24N2O2. The van der Waals surface area contributed by atoms with Crippen LogP contribution in [0.1, 0.15) is 37.8 Å². The van der Waals surface area contributed by atoms with E-state index in [1.807, 2.05) is 55.5 Å². The monoisotopic (exact) mass is 324 g/mol. The Labute approximate surface area is 143 Å². The van der Waals surface area contributed by atoms with Crippen molar-refractivity contribution in [2.24, 2.45) is 0 Å². The quantitative estimate of drug-likeness (QED) is 0.900. The fourth-order valence-corrected chi connectivity index (χ4v) is 2.53. The Morgan fingerprint density at radius 2 is 1.67 bits per heavy atom. The van der Waals surface area contributed by atoms with Crippen molar-refractivity contribution in [3.8, 4) is 0 Å². The van der Waals surface area contributed by atoms with Crippen LogP contribution in [0.2, 0.25) is 0 Å². The molecule has 24 heavy (non-hydrogen) atoms. The maximum absolute atomic E-state index is 12.3. The molecule has 0 aliphatic heterocycles. The Balaban J connectivity index is 2.09. The highest BCUT2D eigenvalue weighted by Crippen LogP contribution is 2.20. The predicted octanol–water partition coefficient (Wildman–Crippen LogP) is 4.11. The molecule has 126 valence electrons. The molecule has 0 aliphatic carbocycles. The van der Waals surface area contributed by atoms with Crippen molar-refractivity contribution in [3.63, 3.8) is 0 Å². The largest absolute Gasteiger partial charge is 0.325 e. The molecule has 0 aromatic heterocycles. The second-order valence-electron chi connectivity index (χ2n) is 6.22. The van der Waals surface area contributed by atoms with Crippen molar-refractivity contribution in [1.29, 1.82) is 0 Å². The highest BCUT2D eigenvalue weighted by molar-refractivity contribution is 6.02. The summed E-state index contributed by atoms with van der Waals surface area (Å²) < 4.78 is 0. The van der Waals surface area contributed by atoms with Gasteiger partial charge in [-0.1, -0.05) is 44.2 Å². The van der Waals surface area contributed by atoms with E-state index in [1.165, 1.54) is 17.4 Å². The van der Waals surface area contributed by atoms with Gasteiger partial charge in [-0.3, -0.25) is 9.59 Å². The van der Waals surface area contributed by atoms with Crippen LogP contribution in [0, 0.1) is 6.92 Å². The van der Waals surface area contributed by atoms with E-state index in [-0.39, 0.29) is 18.4 Å². The summed E-state index contributed by atoms with van der Waals surface area (Å²) in [5.74, 6) is 0.0735. The zero-order valence-corrected chi connectivity index (χ0v) is 14.7. The number of rotatable bonds is 5. The molecule has 2 rings (SSSR count). The molecule has 0 bridgehead atoms. The van der Waals surface area contributed by atoms with Crippen LogP contribution in [0.5, 0.6) is 0 Å². The van der Waals surface area contributed by atoms with Crippen LogP contribution < -0.4 is 10.2 Å². The lowest BCUT2D eigenvalue weighted by molar-refractivity contribution is -0.120. The Morgan fingerprint density at radius 3 is 2.21 bits per heavy atom. The van der Waals surface area contributed by atoms with Crippen molar-refractivity contribution < 1.29 is 9.59 Å². The predicted molar refractivity (Wildman–Crippen MR) is 98.4 cm³/mol. The summed E-state index contributed by atoms with van der Waals surface area (Å²) in [6.45, 7) is 7.64. The smallest absolute Gasteiger partial charge is 0.244 e. The van der Waals surface area contributed by atoms with E-state index < -0.39 is 0 Å². The van der Waals surface area contributed by atoms with Crippen LogP contribution in [0.3, 0.4) is 0 Å². The van der Waals surface area contributed by atoms with E-state index in [4.69, 9.17) is 0 Å². The number of para-hydroxylation sites is 1. The van der Waals surface area contributed by atoms with Gasteiger partial charge in [-0.15, -0.1) is 0 Å². The highest BCUT2D eigenvalue weighted by Gasteiger charge is 2.17. The molecule has 2 amide bonds. The van der Waals surface area contributed by atoms with E-state index in [1.54, 1.807) is 0 Å². The summed E-state index contributed by atoms with van der Waals surface area (Å²) in [5.41, 5.74) is 3.67. The molecule has 1 N–H and O–H groups in total. The lowest BCUT2D eigenvalue weighted by atomic mass is 10.0. The normalized spacial score (nSPS) is 10.5. The van der Waals surface area contributed by atoms with E-state index in [0.29, 0.717) is 5.92 Å². The maximum Gasteiger partial charge on any atom is 0.244 e. The zero-order valence-electron chi connectivity index (χ0n) is 14.7. The molecule has 0 radical (unpaired) electrons. The summed E-state index contributed by atoms with van der Waals surface area (Å²) >= 11 is 0. The van der Waals surface area contributed by atoms with Gasteiger partial charge in [0.2, 0.25) is 11.8 Å². The fraction of sp³-hybridized carbons (Fsp3) is 0.300. The third-order valence-electron chi connectivity index (χ3n) is 3.95. The SMILES string of the molecule is CC(=O)N(CC(=O)Nc1ccc(C(C)C)cc1)c1ccccc1C. The van der Waals surface area contributed by atoms with Gasteiger partial charge in [0.1, 0.15) is 6.54 Å². The van der Waals surface area contributed by atoms with Crippen LogP contribution in [0.4, 0.5) is 11.4 Å². The number of aryl methyl sites for hydroxylation is 1. The van der Waals surface area contributed by atoms with Gasteiger partial charge < -0.3 is 10.2 Å². The molecule has 2 aromatic rings. The number of anilines is 2. The fourth-order valence-electron chi connectivity index (χ4n) is 2.53. The molecule has 2 aromatic carbocycles. The maximum atomic E-state index is 12.3. The minimum Gasteiger partial charge on any atom is -0.325 e. The topological polar surface area (TPSA) is 49.4 Å². The molecule has 0 fully saturated rings. The van der Waals surface area contributed by atoms with Gasteiger partial charge >= 0.3 is 0 Å². The number of carbonyl (C=O) groups excluding carboxylic acids is 2. The first kappa shape index (κ1) is 17.7. The lowest BCUT2D eigenvalue weighted by Crippen LogP contribution is -2.37. The first-order valence-corrected chi connectivity index (χ1v) is 8.12. The Hall–Kier alpha value is -2.62. The Morgan fingerprint density at radius 1 is 1.04 bits per heavy atom. The number of benzene rings is 2. The zero-order chi connectivity index (χ0) is 17.7. The van der Waals surface area contributed by atoms with Gasteiger partial charge in [-0.05, 0) is 42.2 Å². The first-order chi connectivity index (χ1) is 11.4. The first-order valence-electron chi connectivity index (χ1n) is 8.12. The minimum atomic E-state index is -0.217. The van der Waals surface area contributed by atoms with Crippen LogP contribution in [-0.2, 0) is 9.59 Å². The summed E-state index contributed by atoms with van der Waals surface area (Å²) in [4.78, 5) is 25.8. The van der Waals surface area contributed by atoms with Crippen LogP contribution in [0.15, 0.2) is 48.5 Å². The number of nitrogens with zero attached hydrogens (tertiary/aromatic N) is 1. The summed E-state index contributed by atoms with van der Waals surface area (Å²) in [5, 5.41) is 2.85. The van der Waals surface area contributed by atoms with Crippen molar-refractivity contribution in [2.75, 3.05) is 16.8 Å². The number of carbonyl (C=O) groups is 2. The van der Waals surface area contributed by atoms with Gasteiger partial charge in [-0.25, -0.2) is 0 Å².